The first-order valence-electron chi connectivity index (χ1n) is 7.40. The number of hydrogen-bond acceptors (Lipinski definition) is 3. The summed E-state index contributed by atoms with van der Waals surface area (Å²) < 4.78 is 26.3. The maximum atomic E-state index is 12.4. The van der Waals surface area contributed by atoms with E-state index in [1.54, 1.807) is 9.21 Å². The van der Waals surface area contributed by atoms with Gasteiger partial charge in [0, 0.05) is 32.2 Å². The minimum atomic E-state index is -3.16. The molecule has 2 saturated heterocycles. The normalized spacial score (nSPS) is 30.1. The molecule has 2 heterocycles. The molecule has 2 aliphatic rings. The van der Waals surface area contributed by atoms with Gasteiger partial charge in [-0.25, -0.2) is 17.5 Å². The molecule has 0 unspecified atom stereocenters. The summed E-state index contributed by atoms with van der Waals surface area (Å²) in [6.07, 6.45) is 1.32. The van der Waals surface area contributed by atoms with Crippen LogP contribution in [0.2, 0.25) is 0 Å². The maximum Gasteiger partial charge on any atom is 0.317 e. The molecule has 0 bridgehead atoms. The fraction of sp³-hybridized carbons (Fsp3) is 0.923. The van der Waals surface area contributed by atoms with Crippen LogP contribution in [-0.4, -0.2) is 61.1 Å². The zero-order valence-corrected chi connectivity index (χ0v) is 13.3. The second-order valence-electron chi connectivity index (χ2n) is 5.96. The van der Waals surface area contributed by atoms with Gasteiger partial charge in [0.05, 0.1) is 5.25 Å². The number of urea groups is 1. The third-order valence-corrected chi connectivity index (χ3v) is 6.72. The molecule has 0 spiro atoms. The molecular weight excluding hydrogens is 278 g/mol. The molecule has 2 amide bonds. The van der Waals surface area contributed by atoms with Gasteiger partial charge in [0.2, 0.25) is 10.0 Å². The molecule has 7 heteroatoms. The number of rotatable bonds is 2. The Balaban J connectivity index is 2.04. The van der Waals surface area contributed by atoms with Gasteiger partial charge in [-0.05, 0) is 32.6 Å². The fourth-order valence-electron chi connectivity index (χ4n) is 3.15. The highest BCUT2D eigenvalue weighted by molar-refractivity contribution is 7.90. The minimum Gasteiger partial charge on any atom is -0.336 e. The monoisotopic (exact) mass is 303 g/mol. The van der Waals surface area contributed by atoms with Gasteiger partial charge < -0.3 is 10.2 Å². The highest BCUT2D eigenvalue weighted by Gasteiger charge is 2.46. The molecule has 2 fully saturated rings. The number of fused-ring (bicyclic) bond motifs is 1. The second kappa shape index (κ2) is 5.89. The second-order valence-corrected chi connectivity index (χ2v) is 8.11. The summed E-state index contributed by atoms with van der Waals surface area (Å²) in [7, 11) is -3.16. The highest BCUT2D eigenvalue weighted by Crippen LogP contribution is 2.33. The van der Waals surface area contributed by atoms with E-state index in [0.717, 1.165) is 6.42 Å². The Morgan fingerprint density at radius 3 is 2.55 bits per heavy atom. The van der Waals surface area contributed by atoms with E-state index in [2.05, 4.69) is 5.32 Å². The summed E-state index contributed by atoms with van der Waals surface area (Å²) >= 11 is 0. The maximum absolute atomic E-state index is 12.4. The van der Waals surface area contributed by atoms with Crippen molar-refractivity contribution in [1.82, 2.24) is 14.5 Å². The number of carbonyl (C=O) groups excluding carboxylic acids is 1. The van der Waals surface area contributed by atoms with Crippen LogP contribution in [0.4, 0.5) is 4.79 Å². The van der Waals surface area contributed by atoms with Crippen molar-refractivity contribution < 1.29 is 13.2 Å². The van der Waals surface area contributed by atoms with Gasteiger partial charge in [-0.3, -0.25) is 0 Å². The predicted octanol–water partition coefficient (Wildman–Crippen LogP) is 0.850. The van der Waals surface area contributed by atoms with E-state index in [-0.39, 0.29) is 23.2 Å². The third kappa shape index (κ3) is 2.93. The lowest BCUT2D eigenvalue weighted by atomic mass is 10.0. The van der Waals surface area contributed by atoms with Crippen molar-refractivity contribution in [2.75, 3.05) is 26.2 Å². The Kier molecular flexibility index (Phi) is 4.59. The molecule has 20 heavy (non-hydrogen) atoms. The lowest BCUT2D eigenvalue weighted by Gasteiger charge is -2.23. The van der Waals surface area contributed by atoms with Gasteiger partial charge in [0.15, 0.2) is 0 Å². The highest BCUT2D eigenvalue weighted by atomic mass is 32.2. The first-order valence-corrected chi connectivity index (χ1v) is 8.91. The van der Waals surface area contributed by atoms with Gasteiger partial charge in [0.25, 0.3) is 0 Å². The molecule has 2 aliphatic heterocycles. The van der Waals surface area contributed by atoms with Crippen molar-refractivity contribution in [2.45, 2.75) is 44.9 Å². The van der Waals surface area contributed by atoms with Crippen LogP contribution >= 0.6 is 0 Å². The van der Waals surface area contributed by atoms with Gasteiger partial charge in [-0.15, -0.1) is 0 Å². The van der Waals surface area contributed by atoms with E-state index >= 15 is 0 Å². The van der Waals surface area contributed by atoms with E-state index < -0.39 is 10.0 Å². The number of amides is 2. The zero-order valence-electron chi connectivity index (χ0n) is 12.5. The van der Waals surface area contributed by atoms with E-state index in [0.29, 0.717) is 32.6 Å². The molecule has 2 rings (SSSR count). The van der Waals surface area contributed by atoms with Crippen molar-refractivity contribution in [3.8, 4) is 0 Å². The van der Waals surface area contributed by atoms with Gasteiger partial charge in [-0.2, -0.15) is 0 Å². The topological polar surface area (TPSA) is 69.7 Å². The molecule has 0 radical (unpaired) electrons. The molecule has 1 N–H and O–H groups in total. The molecule has 6 nitrogen and oxygen atoms in total. The molecule has 0 aromatic heterocycles. The van der Waals surface area contributed by atoms with Gasteiger partial charge in [0.1, 0.15) is 0 Å². The van der Waals surface area contributed by atoms with Crippen LogP contribution < -0.4 is 5.32 Å². The molecule has 2 atom stereocenters. The SMILES string of the molecule is CCN1C[C@H]2CCN(C(=O)NC(C)C)CC[C@H]2S1(=O)=O. The number of sulfonamides is 1. The largest absolute Gasteiger partial charge is 0.336 e. The van der Waals surface area contributed by atoms with Crippen LogP contribution in [-0.2, 0) is 10.0 Å². The van der Waals surface area contributed by atoms with Crippen LogP contribution in [0.5, 0.6) is 0 Å². The predicted molar refractivity (Wildman–Crippen MR) is 77.9 cm³/mol. The van der Waals surface area contributed by atoms with Gasteiger partial charge >= 0.3 is 6.03 Å². The van der Waals surface area contributed by atoms with Crippen LogP contribution in [0.25, 0.3) is 0 Å². The smallest absolute Gasteiger partial charge is 0.317 e. The van der Waals surface area contributed by atoms with Crippen LogP contribution in [0.3, 0.4) is 0 Å². The van der Waals surface area contributed by atoms with Crippen molar-refractivity contribution in [2.24, 2.45) is 5.92 Å². The quantitative estimate of drug-likeness (QED) is 0.822. The first kappa shape index (κ1) is 15.6. The van der Waals surface area contributed by atoms with E-state index in [1.807, 2.05) is 20.8 Å². The lowest BCUT2D eigenvalue weighted by Crippen LogP contribution is -2.43. The molecule has 0 saturated carbocycles. The van der Waals surface area contributed by atoms with Crippen LogP contribution in [0.1, 0.15) is 33.6 Å². The van der Waals surface area contributed by atoms with Crippen molar-refractivity contribution in [3.05, 3.63) is 0 Å². The van der Waals surface area contributed by atoms with Crippen molar-refractivity contribution in [3.63, 3.8) is 0 Å². The van der Waals surface area contributed by atoms with E-state index in [9.17, 15) is 13.2 Å². The lowest BCUT2D eigenvalue weighted by molar-refractivity contribution is 0.196. The Hall–Kier alpha value is -0.820. The first-order chi connectivity index (χ1) is 9.36. The fourth-order valence-corrected chi connectivity index (χ4v) is 5.40. The van der Waals surface area contributed by atoms with Crippen LogP contribution in [0, 0.1) is 5.92 Å². The summed E-state index contributed by atoms with van der Waals surface area (Å²) in [6.45, 7) is 8.06. The Bertz CT molecular complexity index is 463. The summed E-state index contributed by atoms with van der Waals surface area (Å²) in [5.74, 6) is 0.164. The summed E-state index contributed by atoms with van der Waals surface area (Å²) in [5, 5.41) is 2.57. The Labute approximate surface area is 121 Å². The number of likely N-dealkylation sites (tertiary alicyclic amines) is 1. The standard InChI is InChI=1S/C13H25N3O3S/c1-4-16-9-11-5-7-15(13(17)14-10(2)3)8-6-12(11)20(16,18)19/h10-12H,4-9H2,1-3H3,(H,14,17)/t11-,12-/m1/s1. The average Bonchev–Trinajstić information content (AvgIpc) is 2.52. The Morgan fingerprint density at radius 2 is 1.95 bits per heavy atom. The number of hydrogen-bond donors (Lipinski definition) is 1. The molecule has 0 aromatic carbocycles. The third-order valence-electron chi connectivity index (χ3n) is 4.21. The number of nitrogens with one attached hydrogen (secondary N) is 1. The zero-order chi connectivity index (χ0) is 14.9. The number of carbonyl (C=O) groups is 1. The number of nitrogens with zero attached hydrogens (tertiary/aromatic N) is 2. The summed E-state index contributed by atoms with van der Waals surface area (Å²) in [4.78, 5) is 13.8. The molecular formula is C13H25N3O3S. The van der Waals surface area contributed by atoms with Crippen LogP contribution in [0.15, 0.2) is 0 Å². The molecule has 0 aliphatic carbocycles. The minimum absolute atomic E-state index is 0.0790. The Morgan fingerprint density at radius 1 is 1.30 bits per heavy atom. The van der Waals surface area contributed by atoms with E-state index in [4.69, 9.17) is 0 Å². The molecule has 116 valence electrons. The van der Waals surface area contributed by atoms with Gasteiger partial charge in [-0.1, -0.05) is 6.92 Å². The van der Waals surface area contributed by atoms with Crippen molar-refractivity contribution >= 4 is 16.1 Å². The summed E-state index contributed by atoms with van der Waals surface area (Å²) in [6, 6.07) is 0.0225. The van der Waals surface area contributed by atoms with Crippen molar-refractivity contribution in [1.29, 1.82) is 0 Å². The average molecular weight is 303 g/mol. The summed E-state index contributed by atoms with van der Waals surface area (Å²) in [5.41, 5.74) is 0. The van der Waals surface area contributed by atoms with E-state index in [1.165, 1.54) is 0 Å². The molecule has 0 aromatic rings.